The van der Waals surface area contributed by atoms with E-state index in [-0.39, 0.29) is 36.0 Å². The number of anilines is 1. The van der Waals surface area contributed by atoms with Gasteiger partial charge in [0, 0.05) is 30.7 Å². The van der Waals surface area contributed by atoms with Gasteiger partial charge in [-0.05, 0) is 55.5 Å². The first kappa shape index (κ1) is 26.3. The van der Waals surface area contributed by atoms with Gasteiger partial charge in [-0.15, -0.1) is 0 Å². The molecule has 8 nitrogen and oxygen atoms in total. The van der Waals surface area contributed by atoms with E-state index in [1.54, 1.807) is 66.7 Å². The van der Waals surface area contributed by atoms with Crippen molar-refractivity contribution in [1.29, 1.82) is 0 Å². The van der Waals surface area contributed by atoms with E-state index in [4.69, 9.17) is 0 Å². The highest BCUT2D eigenvalue weighted by atomic mass is 79.9. The third-order valence-electron chi connectivity index (χ3n) is 5.97. The number of rotatable bonds is 7. The topological polar surface area (TPSA) is 95.1 Å². The van der Waals surface area contributed by atoms with Crippen LogP contribution in [0.2, 0.25) is 0 Å². The summed E-state index contributed by atoms with van der Waals surface area (Å²) in [6.07, 6.45) is 0. The number of hydrogen-bond donors (Lipinski definition) is 0. The number of benzene rings is 3. The Morgan fingerprint density at radius 2 is 1.39 bits per heavy atom. The molecule has 3 aromatic rings. The Kier molecular flexibility index (Phi) is 7.84. The lowest BCUT2D eigenvalue weighted by Crippen LogP contribution is -2.53. The molecule has 0 aliphatic carbocycles. The Morgan fingerprint density at radius 1 is 0.806 bits per heavy atom. The summed E-state index contributed by atoms with van der Waals surface area (Å²) in [4.78, 5) is 15.0. The van der Waals surface area contributed by atoms with Gasteiger partial charge >= 0.3 is 0 Å². The SMILES string of the molecule is Cc1ccc(S(=O)(=O)N2CCN(C(=O)CN(c3ccc(Br)cc3)S(=O)(=O)c3ccccc3)CC2)cc1. The van der Waals surface area contributed by atoms with Crippen molar-refractivity contribution in [3.8, 4) is 0 Å². The number of aryl methyl sites for hydroxylation is 1. The highest BCUT2D eigenvalue weighted by molar-refractivity contribution is 9.10. The van der Waals surface area contributed by atoms with Crippen LogP contribution in [0.3, 0.4) is 0 Å². The second kappa shape index (κ2) is 10.7. The molecule has 0 N–H and O–H groups in total. The van der Waals surface area contributed by atoms with Gasteiger partial charge in [-0.3, -0.25) is 9.10 Å². The molecular weight excluding hydrogens is 566 g/mol. The predicted octanol–water partition coefficient (Wildman–Crippen LogP) is 3.49. The number of piperazine rings is 1. The summed E-state index contributed by atoms with van der Waals surface area (Å²) in [6.45, 7) is 2.09. The fourth-order valence-corrected chi connectivity index (χ4v) is 7.02. The van der Waals surface area contributed by atoms with E-state index in [0.29, 0.717) is 5.69 Å². The Hall–Kier alpha value is -2.73. The van der Waals surface area contributed by atoms with Gasteiger partial charge in [0.2, 0.25) is 15.9 Å². The van der Waals surface area contributed by atoms with Crippen LogP contribution in [0, 0.1) is 6.92 Å². The molecule has 1 saturated heterocycles. The second-order valence-electron chi connectivity index (χ2n) is 8.40. The van der Waals surface area contributed by atoms with Crippen LogP contribution in [0.1, 0.15) is 5.56 Å². The van der Waals surface area contributed by atoms with Gasteiger partial charge in [-0.2, -0.15) is 4.31 Å². The molecule has 36 heavy (non-hydrogen) atoms. The zero-order chi connectivity index (χ0) is 25.9. The molecule has 1 fully saturated rings. The predicted molar refractivity (Wildman–Crippen MR) is 142 cm³/mol. The number of carbonyl (C=O) groups excluding carboxylic acids is 1. The molecule has 11 heteroatoms. The zero-order valence-electron chi connectivity index (χ0n) is 19.6. The van der Waals surface area contributed by atoms with Crippen molar-refractivity contribution in [2.45, 2.75) is 16.7 Å². The lowest BCUT2D eigenvalue weighted by atomic mass is 10.2. The van der Waals surface area contributed by atoms with Crippen LogP contribution in [0.25, 0.3) is 0 Å². The average Bonchev–Trinajstić information content (AvgIpc) is 2.88. The van der Waals surface area contributed by atoms with E-state index < -0.39 is 32.5 Å². The minimum atomic E-state index is -4.01. The van der Waals surface area contributed by atoms with E-state index in [9.17, 15) is 21.6 Å². The molecule has 4 rings (SSSR count). The maximum Gasteiger partial charge on any atom is 0.264 e. The van der Waals surface area contributed by atoms with E-state index in [1.165, 1.54) is 21.3 Å². The minimum Gasteiger partial charge on any atom is -0.338 e. The summed E-state index contributed by atoms with van der Waals surface area (Å²) in [5, 5.41) is 0. The van der Waals surface area contributed by atoms with Gasteiger partial charge in [0.1, 0.15) is 6.54 Å². The largest absolute Gasteiger partial charge is 0.338 e. The lowest BCUT2D eigenvalue weighted by molar-refractivity contribution is -0.130. The first-order valence-electron chi connectivity index (χ1n) is 11.3. The molecule has 0 aromatic heterocycles. The molecule has 190 valence electrons. The molecule has 0 radical (unpaired) electrons. The van der Waals surface area contributed by atoms with Gasteiger partial charge in [0.05, 0.1) is 15.5 Å². The summed E-state index contributed by atoms with van der Waals surface area (Å²) in [6, 6.07) is 21.3. The van der Waals surface area contributed by atoms with Crippen LogP contribution >= 0.6 is 15.9 Å². The van der Waals surface area contributed by atoms with Crippen molar-refractivity contribution < 1.29 is 21.6 Å². The standard InChI is InChI=1S/C25H26BrN3O5S2/c1-20-7-13-24(14-8-20)35(31,32)28-17-15-27(16-18-28)25(30)19-29(22-11-9-21(26)10-12-22)36(33,34)23-5-3-2-4-6-23/h2-14H,15-19H2,1H3. The van der Waals surface area contributed by atoms with Crippen LogP contribution in [-0.4, -0.2) is 64.7 Å². The molecule has 1 aliphatic rings. The fourth-order valence-electron chi connectivity index (χ4n) is 3.90. The summed E-state index contributed by atoms with van der Waals surface area (Å²) in [5.41, 5.74) is 1.32. The highest BCUT2D eigenvalue weighted by Gasteiger charge is 2.33. The van der Waals surface area contributed by atoms with Gasteiger partial charge in [-0.1, -0.05) is 51.8 Å². The molecule has 1 heterocycles. The summed E-state index contributed by atoms with van der Waals surface area (Å²) >= 11 is 3.35. The third kappa shape index (κ3) is 5.64. The van der Waals surface area contributed by atoms with Crippen molar-refractivity contribution in [2.24, 2.45) is 0 Å². The summed E-state index contributed by atoms with van der Waals surface area (Å²) in [7, 11) is -7.68. The normalized spacial score (nSPS) is 15.0. The van der Waals surface area contributed by atoms with Crippen LogP contribution in [0.15, 0.2) is 93.1 Å². The van der Waals surface area contributed by atoms with Crippen molar-refractivity contribution in [3.63, 3.8) is 0 Å². The van der Waals surface area contributed by atoms with Crippen LogP contribution in [-0.2, 0) is 24.8 Å². The molecule has 0 spiro atoms. The highest BCUT2D eigenvalue weighted by Crippen LogP contribution is 2.26. The van der Waals surface area contributed by atoms with Gasteiger partial charge in [0.15, 0.2) is 0 Å². The van der Waals surface area contributed by atoms with Crippen LogP contribution in [0.5, 0.6) is 0 Å². The van der Waals surface area contributed by atoms with E-state index in [2.05, 4.69) is 15.9 Å². The Labute approximate surface area is 220 Å². The number of nitrogens with zero attached hydrogens (tertiary/aromatic N) is 3. The molecule has 0 unspecified atom stereocenters. The first-order valence-corrected chi connectivity index (χ1v) is 14.9. The monoisotopic (exact) mass is 591 g/mol. The number of halogens is 1. The van der Waals surface area contributed by atoms with E-state index in [0.717, 1.165) is 14.3 Å². The minimum absolute atomic E-state index is 0.0785. The van der Waals surface area contributed by atoms with Crippen molar-refractivity contribution >= 4 is 47.6 Å². The molecular formula is C25H26BrN3O5S2. The quantitative estimate of drug-likeness (QED) is 0.419. The zero-order valence-corrected chi connectivity index (χ0v) is 22.8. The summed E-state index contributed by atoms with van der Waals surface area (Å²) in [5.74, 6) is -0.398. The Balaban J connectivity index is 1.51. The number of amides is 1. The van der Waals surface area contributed by atoms with Crippen molar-refractivity contribution in [2.75, 3.05) is 37.0 Å². The molecule has 0 atom stereocenters. The molecule has 0 bridgehead atoms. The maximum atomic E-state index is 13.5. The maximum absolute atomic E-state index is 13.5. The van der Waals surface area contributed by atoms with Crippen molar-refractivity contribution in [1.82, 2.24) is 9.21 Å². The number of carbonyl (C=O) groups is 1. The number of hydrogen-bond acceptors (Lipinski definition) is 5. The van der Waals surface area contributed by atoms with Gasteiger partial charge < -0.3 is 4.90 Å². The van der Waals surface area contributed by atoms with Crippen LogP contribution in [0.4, 0.5) is 5.69 Å². The Bertz CT molecular complexity index is 1420. The first-order chi connectivity index (χ1) is 17.1. The lowest BCUT2D eigenvalue weighted by Gasteiger charge is -2.35. The van der Waals surface area contributed by atoms with E-state index >= 15 is 0 Å². The average molecular weight is 593 g/mol. The molecule has 1 amide bonds. The van der Waals surface area contributed by atoms with E-state index in [1.807, 2.05) is 6.92 Å². The third-order valence-corrected chi connectivity index (χ3v) is 10.2. The summed E-state index contributed by atoms with van der Waals surface area (Å²) < 4.78 is 56.1. The van der Waals surface area contributed by atoms with Gasteiger partial charge in [-0.25, -0.2) is 16.8 Å². The Morgan fingerprint density at radius 3 is 1.97 bits per heavy atom. The van der Waals surface area contributed by atoms with Crippen molar-refractivity contribution in [3.05, 3.63) is 88.9 Å². The molecule has 1 aliphatic heterocycles. The van der Waals surface area contributed by atoms with Gasteiger partial charge in [0.25, 0.3) is 10.0 Å². The smallest absolute Gasteiger partial charge is 0.264 e. The molecule has 0 saturated carbocycles. The number of sulfonamides is 2. The molecule has 3 aromatic carbocycles. The fraction of sp³-hybridized carbons (Fsp3) is 0.240. The second-order valence-corrected chi connectivity index (χ2v) is 13.1. The van der Waals surface area contributed by atoms with Crippen LogP contribution < -0.4 is 4.31 Å².